The van der Waals surface area contributed by atoms with E-state index in [0.717, 1.165) is 66.8 Å². The number of nitrogens with one attached hydrogen (secondary N) is 9. The molecular weight excluding hydrogens is 1870 g/mol. The number of hydrogen-bond acceptors (Lipinski definition) is 27. The molecule has 13 amide bonds. The number of piperidine rings is 2. The summed E-state index contributed by atoms with van der Waals surface area (Å²) in [5.74, 6) is -12.4. The number of ether oxygens (including phenoxy) is 6. The molecule has 0 aliphatic carbocycles. The van der Waals surface area contributed by atoms with E-state index in [0.29, 0.717) is 187 Å². The molecular formula is C95H118F4N16O23S2. The summed E-state index contributed by atoms with van der Waals surface area (Å²) in [5, 5.41) is 50.9. The number of nitrogens with zero attached hydrogens (tertiary/aromatic N) is 7. The molecule has 0 bridgehead atoms. The summed E-state index contributed by atoms with van der Waals surface area (Å²) in [4.78, 5) is 192. The van der Waals surface area contributed by atoms with Crippen LogP contribution in [0.3, 0.4) is 0 Å². The van der Waals surface area contributed by atoms with Crippen LogP contribution in [-0.4, -0.2) is 327 Å². The first-order valence-electron chi connectivity index (χ1n) is 44.1. The zero-order valence-corrected chi connectivity index (χ0v) is 76.4. The van der Waals surface area contributed by atoms with Crippen molar-refractivity contribution in [3.63, 3.8) is 0 Å². The Morgan fingerprint density at radius 3 is 1.19 bits per heavy atom. The van der Waals surface area contributed by atoms with Crippen molar-refractivity contribution in [1.29, 1.82) is 0 Å². The number of anilines is 4. The first kappa shape index (κ1) is 111. The van der Waals surface area contributed by atoms with E-state index in [1.807, 2.05) is 0 Å². The molecule has 8 aliphatic rings. The SMILES string of the molecule is C.C.C.O=C(O)c1cc2cc(N3CC[C@](O)(C(=O)NCc4cc(F)cc(F)c4)C3=O)ccc2[nH]1.O=C1CCC(N2C(=O)c3ccc(NCCOCCOCCOCCN4CCN(C(=O)c5cc6cc(N7CC[C@](O)(C(=O)NCc8cc(F)cc(F)c8)C7=O)ccc6[nH]5)CC4)cc3C2=O)C(=O)N1.O=C1CCC(N2C(=O)c3ccc(NCCOCCOCCOCCN4CCNCC4)cc3C2=O)C(=O)N1.S.S. The average Bonchev–Trinajstić information content (AvgIpc) is 1.62. The predicted octanol–water partition coefficient (Wildman–Crippen LogP) is 5.07. The maximum atomic E-state index is 13.6. The monoisotopic (exact) mass is 1990 g/mol. The number of rotatable bonds is 38. The van der Waals surface area contributed by atoms with Crippen molar-refractivity contribution in [2.45, 2.75) is 97.2 Å². The Morgan fingerprint density at radius 2 is 0.793 bits per heavy atom. The maximum absolute atomic E-state index is 13.6. The quantitative estimate of drug-likeness (QED) is 0.0104. The highest BCUT2D eigenvalue weighted by atomic mass is 32.1. The minimum absolute atomic E-state index is 0. The summed E-state index contributed by atoms with van der Waals surface area (Å²) in [6, 6.07) is 26.2. The van der Waals surface area contributed by atoms with Crippen LogP contribution in [0.15, 0.2) is 121 Å². The van der Waals surface area contributed by atoms with Gasteiger partial charge in [0.2, 0.25) is 34.8 Å². The summed E-state index contributed by atoms with van der Waals surface area (Å²) < 4.78 is 87.4. The van der Waals surface area contributed by atoms with Gasteiger partial charge in [-0.2, -0.15) is 27.0 Å². The van der Waals surface area contributed by atoms with Gasteiger partial charge in [-0.15, -0.1) is 0 Å². The van der Waals surface area contributed by atoms with Gasteiger partial charge in [0.15, 0.2) is 0 Å². The fourth-order valence-corrected chi connectivity index (χ4v) is 16.7. The highest BCUT2D eigenvalue weighted by Crippen LogP contribution is 2.36. The lowest BCUT2D eigenvalue weighted by Crippen LogP contribution is -2.54. The number of carboxylic acids is 1. The molecule has 6 fully saturated rings. The Morgan fingerprint density at radius 1 is 0.421 bits per heavy atom. The van der Waals surface area contributed by atoms with Crippen LogP contribution < -0.4 is 47.0 Å². The van der Waals surface area contributed by atoms with E-state index < -0.39 is 123 Å². The number of imide groups is 4. The molecule has 45 heteroatoms. The van der Waals surface area contributed by atoms with Crippen molar-refractivity contribution in [3.8, 4) is 0 Å². The predicted molar refractivity (Wildman–Crippen MR) is 515 cm³/mol. The van der Waals surface area contributed by atoms with Crippen LogP contribution in [0.25, 0.3) is 21.8 Å². The number of aromatic amines is 2. The number of aromatic carboxylic acids is 1. The first-order valence-corrected chi connectivity index (χ1v) is 44.1. The van der Waals surface area contributed by atoms with E-state index in [1.54, 1.807) is 83.8 Å². The van der Waals surface area contributed by atoms with Gasteiger partial charge in [0.1, 0.15) is 46.7 Å². The van der Waals surface area contributed by atoms with Crippen molar-refractivity contribution in [1.82, 2.24) is 61.1 Å². The van der Waals surface area contributed by atoms with Gasteiger partial charge >= 0.3 is 5.97 Å². The third kappa shape index (κ3) is 27.1. The van der Waals surface area contributed by atoms with E-state index in [2.05, 4.69) is 57.0 Å². The molecule has 2 unspecified atom stereocenters. The number of H-pyrrole nitrogens is 2. The largest absolute Gasteiger partial charge is 0.477 e. The van der Waals surface area contributed by atoms with Gasteiger partial charge in [-0.3, -0.25) is 92.6 Å². The number of hydrogen-bond donors (Lipinski definition) is 12. The summed E-state index contributed by atoms with van der Waals surface area (Å²) >= 11 is 0. The van der Waals surface area contributed by atoms with E-state index >= 15 is 0 Å². The first-order chi connectivity index (χ1) is 65.0. The second kappa shape index (κ2) is 51.0. The molecule has 12 N–H and O–H groups in total. The normalized spacial score (nSPS) is 19.0. The number of aromatic nitrogens is 2. The number of fused-ring (bicyclic) bond motifs is 4. The fourth-order valence-electron chi connectivity index (χ4n) is 16.7. The molecule has 8 aromatic rings. The Hall–Kier alpha value is -12.6. The van der Waals surface area contributed by atoms with Crippen molar-refractivity contribution < 1.29 is 128 Å². The lowest BCUT2D eigenvalue weighted by Gasteiger charge is -2.34. The van der Waals surface area contributed by atoms with Crippen molar-refractivity contribution in [3.05, 3.63) is 189 Å². The number of carbonyl (C=O) groups excluding carboxylic acids is 13. The Balaban J connectivity index is 0.000000254. The molecule has 39 nitrogen and oxygen atoms in total. The summed E-state index contributed by atoms with van der Waals surface area (Å²) in [7, 11) is 0. The number of carbonyl (C=O) groups is 14. The Labute approximate surface area is 817 Å². The smallest absolute Gasteiger partial charge is 0.352 e. The van der Waals surface area contributed by atoms with E-state index in [1.165, 1.54) is 15.9 Å². The van der Waals surface area contributed by atoms with Gasteiger partial charge in [0, 0.05) is 187 Å². The molecule has 16 rings (SSSR count). The molecule has 6 aromatic carbocycles. The molecule has 140 heavy (non-hydrogen) atoms. The second-order valence-electron chi connectivity index (χ2n) is 32.9. The summed E-state index contributed by atoms with van der Waals surface area (Å²) in [6.45, 7) is 14.3. The molecule has 0 spiro atoms. The van der Waals surface area contributed by atoms with Crippen molar-refractivity contribution in [2.75, 3.05) is 191 Å². The van der Waals surface area contributed by atoms with Crippen molar-refractivity contribution >= 4 is 154 Å². The summed E-state index contributed by atoms with van der Waals surface area (Å²) in [5.41, 5.74) is 0.214. The van der Waals surface area contributed by atoms with Gasteiger partial charge in [0.25, 0.3) is 53.2 Å². The van der Waals surface area contributed by atoms with E-state index in [-0.39, 0.29) is 159 Å². The highest BCUT2D eigenvalue weighted by Gasteiger charge is 2.54. The van der Waals surface area contributed by atoms with Crippen LogP contribution >= 0.6 is 27.0 Å². The minimum Gasteiger partial charge on any atom is -0.477 e. The third-order valence-electron chi connectivity index (χ3n) is 23.9. The Bertz CT molecular complexity index is 5810. The standard InChI is InChI=1S/C46H50F2N8O11.C25H35N5O7.C21H17F2N3O5.3CH4.2H2S/c47-30-21-28(22-31(48)25-30)27-50-44(62)46(64)7-9-55(45(46)63)33-2-4-36-29(23-33)24-37(51-36)43(61)54-12-10-53(11-13-54)14-16-66-18-20-67-19-17-65-15-8-49-32-1-3-34-35(26-32)42(60)56(41(34)59)38-5-6-39(57)52-40(38)58;31-22-4-3-21(23(32)28-22)30-24(33)19-2-1-18(17-20(19)25(30)34)27-7-11-35-13-15-37-16-14-36-12-10-29-8-5-26-6-9-29;22-13-5-11(6-14(23)9-13)10-24-19(29)21(31)3-4-26(20(21)30)15-1-2-16-12(7-15)8-17(25-16)18(27)28;;;;;/h1-4,21-26,38,49,51,64H,5-20,27H2,(H,50,62)(H,52,57,58);1-2,17,21,26-27H,3-16H2,(H,28,31,32);1-2,5-9,25,31H,3-4,10H2,(H,24,29)(H,27,28);3*1H4;2*1H2/t38?,46-;;21-;;;;;/m0.0...../s1. The average molecular weight is 1990 g/mol. The fraction of sp³-hybridized carbons (Fsp3) is 0.432. The van der Waals surface area contributed by atoms with Crippen LogP contribution in [0.4, 0.5) is 40.3 Å². The zero-order chi connectivity index (χ0) is 95.6. The van der Waals surface area contributed by atoms with Gasteiger partial charge in [-0.1, -0.05) is 22.3 Å². The molecule has 756 valence electrons. The number of amides is 13. The van der Waals surface area contributed by atoms with Crippen molar-refractivity contribution in [2.24, 2.45) is 0 Å². The molecule has 4 atom stereocenters. The number of halogens is 4. The van der Waals surface area contributed by atoms with Gasteiger partial charge in [-0.25, -0.2) is 22.4 Å². The minimum atomic E-state index is -2.36. The van der Waals surface area contributed by atoms with Crippen LogP contribution in [0, 0.1) is 23.3 Å². The Kier molecular flexibility index (Phi) is 40.4. The van der Waals surface area contributed by atoms with Crippen LogP contribution in [0.1, 0.15) is 134 Å². The van der Waals surface area contributed by atoms with E-state index in [9.17, 15) is 94.9 Å². The highest BCUT2D eigenvalue weighted by molar-refractivity contribution is 7.59. The molecule has 0 radical (unpaired) electrons. The number of piperazine rings is 2. The molecule has 2 aromatic heterocycles. The maximum Gasteiger partial charge on any atom is 0.352 e. The molecule has 0 saturated carbocycles. The van der Waals surface area contributed by atoms with Crippen LogP contribution in [0.2, 0.25) is 0 Å². The second-order valence-corrected chi connectivity index (χ2v) is 32.9. The lowest BCUT2D eigenvalue weighted by molar-refractivity contribution is -0.150. The molecule has 6 saturated heterocycles. The lowest BCUT2D eigenvalue weighted by atomic mass is 10.0. The molecule has 10 heterocycles. The van der Waals surface area contributed by atoms with Gasteiger partial charge in [0.05, 0.1) is 102 Å². The zero-order valence-electron chi connectivity index (χ0n) is 74.4. The number of benzene rings is 6. The third-order valence-corrected chi connectivity index (χ3v) is 23.9. The van der Waals surface area contributed by atoms with Crippen LogP contribution in [0.5, 0.6) is 0 Å². The van der Waals surface area contributed by atoms with Crippen LogP contribution in [-0.2, 0) is 79.9 Å². The number of carboxylic acid groups (broad SMARTS) is 1. The van der Waals surface area contributed by atoms with E-state index in [4.69, 9.17) is 33.5 Å². The van der Waals surface area contributed by atoms with Gasteiger partial charge in [-0.05, 0) is 133 Å². The topological polar surface area (TPSA) is 494 Å². The number of aliphatic hydroxyl groups is 2. The van der Waals surface area contributed by atoms with Gasteiger partial charge < -0.3 is 95.0 Å². The summed E-state index contributed by atoms with van der Waals surface area (Å²) in [6.07, 6.45) is -0.00128. The molecule has 8 aliphatic heterocycles.